The Morgan fingerprint density at radius 2 is 1.78 bits per heavy atom. The van der Waals surface area contributed by atoms with Gasteiger partial charge in [0.2, 0.25) is 5.91 Å². The van der Waals surface area contributed by atoms with Gasteiger partial charge in [-0.25, -0.2) is 14.4 Å². The number of aromatic nitrogens is 3. The van der Waals surface area contributed by atoms with Gasteiger partial charge in [-0.3, -0.25) is 9.36 Å². The van der Waals surface area contributed by atoms with Crippen LogP contribution in [-0.4, -0.2) is 20.4 Å². The van der Waals surface area contributed by atoms with Crippen molar-refractivity contribution in [2.75, 3.05) is 0 Å². The maximum atomic E-state index is 13.7. The molecule has 0 saturated carbocycles. The lowest BCUT2D eigenvalue weighted by atomic mass is 10.2. The van der Waals surface area contributed by atoms with Crippen LogP contribution < -0.4 is 0 Å². The highest BCUT2D eigenvalue weighted by molar-refractivity contribution is 6.12. The molecule has 0 N–H and O–H groups in total. The van der Waals surface area contributed by atoms with E-state index in [4.69, 9.17) is 0 Å². The monoisotopic (exact) mass is 307 g/mol. The molecule has 0 atom stereocenters. The van der Waals surface area contributed by atoms with Crippen molar-refractivity contribution < 1.29 is 9.18 Å². The summed E-state index contributed by atoms with van der Waals surface area (Å²) in [4.78, 5) is 21.9. The lowest BCUT2D eigenvalue weighted by Crippen LogP contribution is -2.17. The van der Waals surface area contributed by atoms with Crippen molar-refractivity contribution in [2.24, 2.45) is 5.92 Å². The normalized spacial score (nSPS) is 11.8. The Balaban J connectivity index is 2.23. The summed E-state index contributed by atoms with van der Waals surface area (Å²) in [6.45, 7) is 3.66. The highest BCUT2D eigenvalue weighted by Crippen LogP contribution is 2.29. The molecule has 23 heavy (non-hydrogen) atoms. The van der Waals surface area contributed by atoms with Crippen LogP contribution in [0.25, 0.3) is 33.1 Å². The standard InChI is InChI=1S/C18H14FN3O/c1-10(2)18(23)22-15-8-7-11(19)9-12(15)16-17(22)21-14-6-4-3-5-13(14)20-16/h3-10H,1-2H3. The van der Waals surface area contributed by atoms with E-state index in [0.717, 1.165) is 5.52 Å². The van der Waals surface area contributed by atoms with E-state index in [-0.39, 0.29) is 17.6 Å². The third kappa shape index (κ3) is 2.00. The molecule has 2 heterocycles. The summed E-state index contributed by atoms with van der Waals surface area (Å²) in [5.41, 5.74) is 3.09. The summed E-state index contributed by atoms with van der Waals surface area (Å²) in [5, 5.41) is 0.604. The van der Waals surface area contributed by atoms with Crippen LogP contribution >= 0.6 is 0 Å². The van der Waals surface area contributed by atoms with Crippen LogP contribution in [0.4, 0.5) is 4.39 Å². The number of para-hydroxylation sites is 2. The zero-order chi connectivity index (χ0) is 16.1. The van der Waals surface area contributed by atoms with Gasteiger partial charge in [0.15, 0.2) is 5.65 Å². The molecular formula is C18H14FN3O. The van der Waals surface area contributed by atoms with Gasteiger partial charge in [0, 0.05) is 11.3 Å². The van der Waals surface area contributed by atoms with Crippen LogP contribution in [0, 0.1) is 11.7 Å². The van der Waals surface area contributed by atoms with E-state index >= 15 is 0 Å². The fourth-order valence-electron chi connectivity index (χ4n) is 2.82. The number of carbonyl (C=O) groups excluding carboxylic acids is 1. The van der Waals surface area contributed by atoms with E-state index in [0.29, 0.717) is 27.6 Å². The van der Waals surface area contributed by atoms with Crippen LogP contribution in [0.1, 0.15) is 18.6 Å². The zero-order valence-corrected chi connectivity index (χ0v) is 12.7. The summed E-state index contributed by atoms with van der Waals surface area (Å²) < 4.78 is 15.3. The van der Waals surface area contributed by atoms with Gasteiger partial charge in [0.1, 0.15) is 11.3 Å². The number of nitrogens with zero attached hydrogens (tertiary/aromatic N) is 3. The predicted molar refractivity (Wildman–Crippen MR) is 88.0 cm³/mol. The molecule has 0 aliphatic rings. The lowest BCUT2D eigenvalue weighted by Gasteiger charge is -2.08. The molecule has 0 saturated heterocycles. The van der Waals surface area contributed by atoms with Crippen molar-refractivity contribution in [3.63, 3.8) is 0 Å². The maximum absolute atomic E-state index is 13.7. The third-order valence-electron chi connectivity index (χ3n) is 3.93. The minimum absolute atomic E-state index is 0.0822. The van der Waals surface area contributed by atoms with E-state index in [2.05, 4.69) is 9.97 Å². The number of rotatable bonds is 1. The van der Waals surface area contributed by atoms with E-state index in [1.165, 1.54) is 12.1 Å². The van der Waals surface area contributed by atoms with Gasteiger partial charge in [0.05, 0.1) is 16.6 Å². The number of benzene rings is 2. The second-order valence-electron chi connectivity index (χ2n) is 5.87. The molecule has 0 spiro atoms. The molecule has 0 unspecified atom stereocenters. The van der Waals surface area contributed by atoms with Crippen molar-refractivity contribution in [3.05, 3.63) is 48.3 Å². The molecule has 5 heteroatoms. The van der Waals surface area contributed by atoms with Crippen molar-refractivity contribution >= 4 is 39.0 Å². The summed E-state index contributed by atoms with van der Waals surface area (Å²) in [6, 6.07) is 11.8. The molecule has 0 bridgehead atoms. The first kappa shape index (κ1) is 13.8. The molecule has 0 amide bonds. The number of hydrogen-bond acceptors (Lipinski definition) is 3. The molecule has 4 rings (SSSR count). The van der Waals surface area contributed by atoms with Crippen molar-refractivity contribution in [2.45, 2.75) is 13.8 Å². The molecule has 114 valence electrons. The van der Waals surface area contributed by atoms with E-state index in [1.807, 2.05) is 38.1 Å². The molecule has 2 aromatic heterocycles. The number of hydrogen-bond donors (Lipinski definition) is 0. The molecule has 4 aromatic rings. The van der Waals surface area contributed by atoms with Crippen molar-refractivity contribution in [3.8, 4) is 0 Å². The number of fused-ring (bicyclic) bond motifs is 4. The number of carbonyl (C=O) groups is 1. The predicted octanol–water partition coefficient (Wildman–Crippen LogP) is 4.17. The quantitative estimate of drug-likeness (QED) is 0.530. The van der Waals surface area contributed by atoms with E-state index in [9.17, 15) is 9.18 Å². The average Bonchev–Trinajstić information content (AvgIpc) is 2.84. The lowest BCUT2D eigenvalue weighted by molar-refractivity contribution is 0.0865. The third-order valence-corrected chi connectivity index (χ3v) is 3.93. The minimum Gasteiger partial charge on any atom is -0.274 e. The minimum atomic E-state index is -0.358. The Morgan fingerprint density at radius 3 is 2.48 bits per heavy atom. The topological polar surface area (TPSA) is 47.8 Å². The van der Waals surface area contributed by atoms with Gasteiger partial charge in [-0.05, 0) is 30.3 Å². The van der Waals surface area contributed by atoms with Gasteiger partial charge >= 0.3 is 0 Å². The summed E-state index contributed by atoms with van der Waals surface area (Å²) in [6.07, 6.45) is 0. The van der Waals surface area contributed by atoms with Gasteiger partial charge in [0.25, 0.3) is 0 Å². The second kappa shape index (κ2) is 4.84. The first-order valence-corrected chi connectivity index (χ1v) is 7.47. The summed E-state index contributed by atoms with van der Waals surface area (Å²) in [5.74, 6) is -0.642. The Kier molecular flexibility index (Phi) is 2.91. The average molecular weight is 307 g/mol. The molecular weight excluding hydrogens is 293 g/mol. The fraction of sp³-hybridized carbons (Fsp3) is 0.167. The Labute approximate surface area is 131 Å². The van der Waals surface area contributed by atoms with Crippen LogP contribution in [0.5, 0.6) is 0 Å². The van der Waals surface area contributed by atoms with Crippen LogP contribution in [0.3, 0.4) is 0 Å². The molecule has 0 fully saturated rings. The largest absolute Gasteiger partial charge is 0.274 e. The van der Waals surface area contributed by atoms with Crippen molar-refractivity contribution in [1.29, 1.82) is 0 Å². The Hall–Kier alpha value is -2.82. The van der Waals surface area contributed by atoms with Crippen LogP contribution in [0.2, 0.25) is 0 Å². The number of halogens is 1. The van der Waals surface area contributed by atoms with Gasteiger partial charge in [-0.2, -0.15) is 0 Å². The smallest absolute Gasteiger partial charge is 0.235 e. The second-order valence-corrected chi connectivity index (χ2v) is 5.87. The van der Waals surface area contributed by atoms with Crippen molar-refractivity contribution in [1.82, 2.24) is 14.5 Å². The summed E-state index contributed by atoms with van der Waals surface area (Å²) in [7, 11) is 0. The highest BCUT2D eigenvalue weighted by Gasteiger charge is 2.21. The van der Waals surface area contributed by atoms with Crippen LogP contribution in [0.15, 0.2) is 42.5 Å². The van der Waals surface area contributed by atoms with E-state index < -0.39 is 0 Å². The van der Waals surface area contributed by atoms with Gasteiger partial charge in [-0.15, -0.1) is 0 Å². The first-order chi connectivity index (χ1) is 11.1. The maximum Gasteiger partial charge on any atom is 0.235 e. The molecule has 2 aromatic carbocycles. The molecule has 0 aliphatic carbocycles. The fourth-order valence-corrected chi connectivity index (χ4v) is 2.82. The van der Waals surface area contributed by atoms with Crippen LogP contribution in [-0.2, 0) is 0 Å². The molecule has 0 aliphatic heterocycles. The van der Waals surface area contributed by atoms with E-state index in [1.54, 1.807) is 10.6 Å². The Morgan fingerprint density at radius 1 is 1.09 bits per heavy atom. The highest BCUT2D eigenvalue weighted by atomic mass is 19.1. The molecule has 4 nitrogen and oxygen atoms in total. The molecule has 0 radical (unpaired) electrons. The summed E-state index contributed by atoms with van der Waals surface area (Å²) >= 11 is 0. The van der Waals surface area contributed by atoms with Gasteiger partial charge in [-0.1, -0.05) is 26.0 Å². The van der Waals surface area contributed by atoms with Gasteiger partial charge < -0.3 is 0 Å². The Bertz CT molecular complexity index is 1080. The SMILES string of the molecule is CC(C)C(=O)n1c2ccc(F)cc2c2nc3ccccc3nc21. The zero-order valence-electron chi connectivity index (χ0n) is 12.7. The first-order valence-electron chi connectivity index (χ1n) is 7.47.